The Bertz CT molecular complexity index is 757. The van der Waals surface area contributed by atoms with Crippen molar-refractivity contribution in [3.8, 4) is 0 Å². The summed E-state index contributed by atoms with van der Waals surface area (Å²) in [6.45, 7) is 5.18. The molecule has 0 atom stereocenters. The van der Waals surface area contributed by atoms with E-state index in [0.717, 1.165) is 26.1 Å². The number of nitrogens with zero attached hydrogens (tertiary/aromatic N) is 2. The molecule has 0 radical (unpaired) electrons. The van der Waals surface area contributed by atoms with Gasteiger partial charge in [0.2, 0.25) is 0 Å². The highest BCUT2D eigenvalue weighted by Gasteiger charge is 2.26. The molecule has 6 nitrogen and oxygen atoms in total. The maximum Gasteiger partial charge on any atom is 0.321 e. The summed E-state index contributed by atoms with van der Waals surface area (Å²) in [6, 6.07) is 5.57. The first-order valence-electron chi connectivity index (χ1n) is 9.45. The summed E-state index contributed by atoms with van der Waals surface area (Å²) in [7, 11) is -3.31. The van der Waals surface area contributed by atoms with Crippen molar-refractivity contribution in [3.63, 3.8) is 0 Å². The third-order valence-electron chi connectivity index (χ3n) is 5.50. The third kappa shape index (κ3) is 4.57. The molecule has 1 saturated heterocycles. The van der Waals surface area contributed by atoms with E-state index in [4.69, 9.17) is 0 Å². The van der Waals surface area contributed by atoms with Gasteiger partial charge in [0.05, 0.1) is 4.90 Å². The molecule has 0 spiro atoms. The van der Waals surface area contributed by atoms with Gasteiger partial charge >= 0.3 is 6.03 Å². The van der Waals surface area contributed by atoms with Crippen LogP contribution in [0.15, 0.2) is 23.1 Å². The zero-order valence-corrected chi connectivity index (χ0v) is 16.5. The minimum Gasteiger partial charge on any atom is -0.323 e. The Kier molecular flexibility index (Phi) is 5.87. The summed E-state index contributed by atoms with van der Waals surface area (Å²) in [5, 5.41) is 2.87. The van der Waals surface area contributed by atoms with E-state index in [1.165, 1.54) is 31.9 Å². The summed E-state index contributed by atoms with van der Waals surface area (Å²) in [5.74, 6) is 0. The first-order chi connectivity index (χ1) is 12.3. The Balaban J connectivity index is 1.63. The zero-order chi connectivity index (χ0) is 18.7. The minimum absolute atomic E-state index is 0.151. The predicted octanol–water partition coefficient (Wildman–Crippen LogP) is 2.88. The van der Waals surface area contributed by atoms with Crippen LogP contribution in [-0.4, -0.2) is 62.7 Å². The van der Waals surface area contributed by atoms with Gasteiger partial charge in [0.1, 0.15) is 0 Å². The summed E-state index contributed by atoms with van der Waals surface area (Å²) < 4.78 is 23.7. The predicted molar refractivity (Wildman–Crippen MR) is 103 cm³/mol. The largest absolute Gasteiger partial charge is 0.323 e. The number of sulfone groups is 1. The molecule has 3 rings (SSSR count). The lowest BCUT2D eigenvalue weighted by Crippen LogP contribution is -2.40. The number of carbonyl (C=O) groups is 1. The van der Waals surface area contributed by atoms with Crippen molar-refractivity contribution in [1.29, 1.82) is 0 Å². The molecule has 2 amide bonds. The Morgan fingerprint density at radius 2 is 1.81 bits per heavy atom. The van der Waals surface area contributed by atoms with Gasteiger partial charge in [0.25, 0.3) is 0 Å². The van der Waals surface area contributed by atoms with E-state index in [1.807, 2.05) is 4.90 Å². The molecule has 1 N–H and O–H groups in total. The Labute approximate surface area is 156 Å². The fourth-order valence-corrected chi connectivity index (χ4v) is 5.05. The molecule has 1 aliphatic carbocycles. The number of carbonyl (C=O) groups excluding carboxylic acids is 1. The molecule has 0 bridgehead atoms. The van der Waals surface area contributed by atoms with Gasteiger partial charge < -0.3 is 10.2 Å². The quantitative estimate of drug-likeness (QED) is 0.877. The first kappa shape index (κ1) is 19.2. The lowest BCUT2D eigenvalue weighted by atomic mass is 10.2. The number of aryl methyl sites for hydroxylation is 1. The van der Waals surface area contributed by atoms with Crippen LogP contribution in [-0.2, 0) is 9.84 Å². The second-order valence-electron chi connectivity index (χ2n) is 7.50. The van der Waals surface area contributed by atoms with Gasteiger partial charge in [-0.15, -0.1) is 0 Å². The Morgan fingerprint density at radius 3 is 2.50 bits per heavy atom. The standard InChI is InChI=1S/C19H29N3O3S/c1-15-8-9-16(14-18(15)26(2,24)25)20-19(23)22-11-5-10-21(12-13-22)17-6-3-4-7-17/h8-9,14,17H,3-7,10-13H2,1-2H3,(H,20,23). The van der Waals surface area contributed by atoms with Crippen LogP contribution in [0, 0.1) is 6.92 Å². The van der Waals surface area contributed by atoms with Crippen molar-refractivity contribution in [2.75, 3.05) is 37.8 Å². The number of nitrogens with one attached hydrogen (secondary N) is 1. The van der Waals surface area contributed by atoms with Crippen LogP contribution in [0.2, 0.25) is 0 Å². The van der Waals surface area contributed by atoms with Crippen LogP contribution >= 0.6 is 0 Å². The van der Waals surface area contributed by atoms with Crippen molar-refractivity contribution in [2.24, 2.45) is 0 Å². The smallest absolute Gasteiger partial charge is 0.321 e. The average Bonchev–Trinajstić information content (AvgIpc) is 3.00. The normalized spacial score (nSPS) is 20.2. The van der Waals surface area contributed by atoms with Crippen molar-refractivity contribution >= 4 is 21.6 Å². The van der Waals surface area contributed by atoms with Crippen molar-refractivity contribution in [1.82, 2.24) is 9.80 Å². The lowest BCUT2D eigenvalue weighted by Gasteiger charge is -2.27. The third-order valence-corrected chi connectivity index (χ3v) is 6.74. The minimum atomic E-state index is -3.31. The lowest BCUT2D eigenvalue weighted by molar-refractivity contribution is 0.195. The number of rotatable bonds is 3. The highest BCUT2D eigenvalue weighted by atomic mass is 32.2. The van der Waals surface area contributed by atoms with Crippen molar-refractivity contribution in [3.05, 3.63) is 23.8 Å². The zero-order valence-electron chi connectivity index (χ0n) is 15.7. The molecule has 7 heteroatoms. The molecule has 0 aromatic heterocycles. The fraction of sp³-hybridized carbons (Fsp3) is 0.632. The Hall–Kier alpha value is -1.60. The number of hydrogen-bond donors (Lipinski definition) is 1. The molecule has 2 aliphatic rings. The summed E-state index contributed by atoms with van der Waals surface area (Å²) in [4.78, 5) is 17.3. The summed E-state index contributed by atoms with van der Waals surface area (Å²) in [6.07, 6.45) is 7.37. The maximum atomic E-state index is 12.6. The highest BCUT2D eigenvalue weighted by Crippen LogP contribution is 2.25. The molecule has 1 aromatic carbocycles. The SMILES string of the molecule is Cc1ccc(NC(=O)N2CCCN(C3CCCC3)CC2)cc1S(C)(=O)=O. The van der Waals surface area contributed by atoms with Crippen LogP contribution in [0.3, 0.4) is 0 Å². The van der Waals surface area contributed by atoms with Gasteiger partial charge in [0, 0.05) is 44.2 Å². The van der Waals surface area contributed by atoms with E-state index >= 15 is 0 Å². The van der Waals surface area contributed by atoms with Gasteiger partial charge in [-0.05, 0) is 43.9 Å². The first-order valence-corrected chi connectivity index (χ1v) is 11.3. The second kappa shape index (κ2) is 7.96. The van der Waals surface area contributed by atoms with Gasteiger partial charge in [-0.2, -0.15) is 0 Å². The summed E-state index contributed by atoms with van der Waals surface area (Å²) >= 11 is 0. The number of amides is 2. The molecular formula is C19H29N3O3S. The molecule has 1 heterocycles. The highest BCUT2D eigenvalue weighted by molar-refractivity contribution is 7.90. The maximum absolute atomic E-state index is 12.6. The average molecular weight is 380 g/mol. The van der Waals surface area contributed by atoms with E-state index in [9.17, 15) is 13.2 Å². The van der Waals surface area contributed by atoms with Crippen molar-refractivity contribution in [2.45, 2.75) is 50.0 Å². The topological polar surface area (TPSA) is 69.7 Å². The summed E-state index contributed by atoms with van der Waals surface area (Å²) in [5.41, 5.74) is 1.21. The van der Waals surface area contributed by atoms with Gasteiger partial charge in [-0.3, -0.25) is 4.90 Å². The van der Waals surface area contributed by atoms with Crippen LogP contribution in [0.4, 0.5) is 10.5 Å². The van der Waals surface area contributed by atoms with E-state index in [0.29, 0.717) is 23.8 Å². The van der Waals surface area contributed by atoms with Crippen LogP contribution < -0.4 is 5.32 Å². The number of hydrogen-bond acceptors (Lipinski definition) is 4. The van der Waals surface area contributed by atoms with Gasteiger partial charge in [-0.1, -0.05) is 18.9 Å². The Morgan fingerprint density at radius 1 is 1.08 bits per heavy atom. The van der Waals surface area contributed by atoms with E-state index < -0.39 is 9.84 Å². The van der Waals surface area contributed by atoms with Gasteiger partial charge in [0.15, 0.2) is 9.84 Å². The monoisotopic (exact) mass is 379 g/mol. The fourth-order valence-electron chi connectivity index (χ4n) is 4.05. The molecule has 1 aromatic rings. The molecule has 1 aliphatic heterocycles. The van der Waals surface area contributed by atoms with Gasteiger partial charge in [-0.25, -0.2) is 13.2 Å². The van der Waals surface area contributed by atoms with Crippen LogP contribution in [0.25, 0.3) is 0 Å². The van der Waals surface area contributed by atoms with Crippen LogP contribution in [0.5, 0.6) is 0 Å². The van der Waals surface area contributed by atoms with Crippen LogP contribution in [0.1, 0.15) is 37.7 Å². The molecular weight excluding hydrogens is 350 g/mol. The van der Waals surface area contributed by atoms with E-state index in [1.54, 1.807) is 25.1 Å². The molecule has 2 fully saturated rings. The molecule has 144 valence electrons. The number of benzene rings is 1. The molecule has 1 saturated carbocycles. The molecule has 0 unspecified atom stereocenters. The number of anilines is 1. The number of urea groups is 1. The van der Waals surface area contributed by atoms with E-state index in [-0.39, 0.29) is 10.9 Å². The van der Waals surface area contributed by atoms with E-state index in [2.05, 4.69) is 10.2 Å². The molecule has 26 heavy (non-hydrogen) atoms. The second-order valence-corrected chi connectivity index (χ2v) is 9.48. The van der Waals surface area contributed by atoms with Crippen molar-refractivity contribution < 1.29 is 13.2 Å².